The number of carbonyl (C=O) groups excluding carboxylic acids is 3. The third kappa shape index (κ3) is 5.60. The summed E-state index contributed by atoms with van der Waals surface area (Å²) in [5.41, 5.74) is 3.40. The lowest BCUT2D eigenvalue weighted by molar-refractivity contribution is -0.140. The maximum absolute atomic E-state index is 13.1. The quantitative estimate of drug-likeness (QED) is 0.195. The molecular weight excluding hydrogens is 486 g/mol. The zero-order chi connectivity index (χ0) is 27.2. The van der Waals surface area contributed by atoms with Gasteiger partial charge in [-0.1, -0.05) is 42.0 Å². The van der Waals surface area contributed by atoms with Crippen LogP contribution in [0.25, 0.3) is 5.76 Å². The van der Waals surface area contributed by atoms with Gasteiger partial charge in [0.2, 0.25) is 0 Å². The van der Waals surface area contributed by atoms with E-state index in [2.05, 4.69) is 0 Å². The summed E-state index contributed by atoms with van der Waals surface area (Å²) in [5, 5.41) is 11.2. The molecule has 196 valence electrons. The highest BCUT2D eigenvalue weighted by molar-refractivity contribution is 6.46. The Kier molecular flexibility index (Phi) is 8.23. The van der Waals surface area contributed by atoms with Crippen LogP contribution in [0.15, 0.2) is 78.4 Å². The molecule has 0 bridgehead atoms. The minimum atomic E-state index is -0.853. The van der Waals surface area contributed by atoms with Crippen LogP contribution in [0.4, 0.5) is 0 Å². The summed E-state index contributed by atoms with van der Waals surface area (Å²) in [6.07, 6.45) is 0. The Morgan fingerprint density at radius 2 is 1.63 bits per heavy atom. The molecule has 1 fully saturated rings. The molecule has 0 aliphatic carbocycles. The molecule has 1 atom stereocenters. The molecule has 1 saturated heterocycles. The van der Waals surface area contributed by atoms with E-state index in [9.17, 15) is 19.5 Å². The van der Waals surface area contributed by atoms with Gasteiger partial charge in [0, 0.05) is 19.2 Å². The fourth-order valence-corrected chi connectivity index (χ4v) is 4.40. The molecule has 3 aromatic rings. The van der Waals surface area contributed by atoms with E-state index < -0.39 is 23.7 Å². The van der Waals surface area contributed by atoms with E-state index in [1.54, 1.807) is 48.5 Å². The molecule has 1 unspecified atom stereocenters. The van der Waals surface area contributed by atoms with Gasteiger partial charge in [-0.3, -0.25) is 9.59 Å². The van der Waals surface area contributed by atoms with Crippen LogP contribution in [-0.4, -0.2) is 55.0 Å². The number of benzene rings is 3. The van der Waals surface area contributed by atoms with Gasteiger partial charge in [0.1, 0.15) is 18.1 Å². The third-order valence-electron chi connectivity index (χ3n) is 6.34. The Labute approximate surface area is 221 Å². The number of hydrogen-bond acceptors (Lipinski definition) is 7. The number of Topliss-reactive ketones (excluding diaryl/α,β-unsaturated/α-hetero) is 1. The summed E-state index contributed by atoms with van der Waals surface area (Å²) in [6.45, 7) is 2.75. The minimum absolute atomic E-state index is 0.0367. The van der Waals surface area contributed by atoms with E-state index in [1.165, 1.54) is 19.1 Å². The fourth-order valence-electron chi connectivity index (χ4n) is 4.40. The summed E-state index contributed by atoms with van der Waals surface area (Å²) in [5.74, 6) is -1.73. The number of hydrogen-bond donors (Lipinski definition) is 1. The van der Waals surface area contributed by atoms with E-state index in [4.69, 9.17) is 14.2 Å². The number of ether oxygens (including phenoxy) is 3. The average Bonchev–Trinajstić information content (AvgIpc) is 3.19. The zero-order valence-electron chi connectivity index (χ0n) is 21.5. The molecule has 4 rings (SSSR count). The predicted molar refractivity (Wildman–Crippen MR) is 141 cm³/mol. The highest BCUT2D eigenvalue weighted by Gasteiger charge is 2.45. The highest BCUT2D eigenvalue weighted by atomic mass is 16.5. The number of methoxy groups -OCH3 is 2. The molecular formula is C30H29NO7. The summed E-state index contributed by atoms with van der Waals surface area (Å²) >= 11 is 0. The molecule has 1 heterocycles. The van der Waals surface area contributed by atoms with Crippen LogP contribution in [0.1, 0.15) is 38.7 Å². The van der Waals surface area contributed by atoms with E-state index in [-0.39, 0.29) is 24.5 Å². The van der Waals surface area contributed by atoms with Gasteiger partial charge >= 0.3 is 5.97 Å². The fraction of sp³-hybridized carbons (Fsp3) is 0.233. The smallest absolute Gasteiger partial charge is 0.337 e. The van der Waals surface area contributed by atoms with Gasteiger partial charge in [-0.05, 0) is 54.4 Å². The Bertz CT molecular complexity index is 1360. The van der Waals surface area contributed by atoms with Gasteiger partial charge in [0.25, 0.3) is 11.7 Å². The van der Waals surface area contributed by atoms with Gasteiger partial charge in [0.15, 0.2) is 0 Å². The molecule has 0 spiro atoms. The van der Waals surface area contributed by atoms with E-state index in [0.717, 1.165) is 11.1 Å². The molecule has 3 aromatic carbocycles. The first-order chi connectivity index (χ1) is 18.3. The Morgan fingerprint density at radius 1 is 0.947 bits per heavy atom. The molecule has 1 N–H and O–H groups in total. The van der Waals surface area contributed by atoms with Crippen molar-refractivity contribution in [1.29, 1.82) is 0 Å². The van der Waals surface area contributed by atoms with Crippen molar-refractivity contribution < 1.29 is 33.7 Å². The molecule has 0 saturated carbocycles. The van der Waals surface area contributed by atoms with Crippen molar-refractivity contribution in [2.75, 3.05) is 27.4 Å². The molecule has 0 radical (unpaired) electrons. The first-order valence-corrected chi connectivity index (χ1v) is 12.1. The van der Waals surface area contributed by atoms with Crippen molar-refractivity contribution >= 4 is 23.4 Å². The first-order valence-electron chi connectivity index (χ1n) is 12.1. The number of amides is 1. The van der Waals surface area contributed by atoms with Crippen molar-refractivity contribution in [2.45, 2.75) is 19.6 Å². The van der Waals surface area contributed by atoms with E-state index >= 15 is 0 Å². The van der Waals surface area contributed by atoms with Crippen molar-refractivity contribution in [2.24, 2.45) is 0 Å². The Hall–Kier alpha value is -4.43. The maximum atomic E-state index is 13.1. The van der Waals surface area contributed by atoms with Crippen LogP contribution in [-0.2, 0) is 25.7 Å². The monoisotopic (exact) mass is 515 g/mol. The number of rotatable bonds is 9. The molecule has 1 aliphatic rings. The lowest BCUT2D eigenvalue weighted by atomic mass is 9.94. The summed E-state index contributed by atoms with van der Waals surface area (Å²) < 4.78 is 15.7. The number of likely N-dealkylation sites (tertiary alicyclic amines) is 1. The van der Waals surface area contributed by atoms with Crippen LogP contribution in [0.5, 0.6) is 5.75 Å². The highest BCUT2D eigenvalue weighted by Crippen LogP contribution is 2.39. The molecule has 1 amide bonds. The van der Waals surface area contributed by atoms with Gasteiger partial charge in [-0.15, -0.1) is 0 Å². The Balaban J connectivity index is 1.65. The number of carbonyl (C=O) groups is 3. The van der Waals surface area contributed by atoms with Crippen LogP contribution >= 0.6 is 0 Å². The largest absolute Gasteiger partial charge is 0.507 e. The molecule has 38 heavy (non-hydrogen) atoms. The van der Waals surface area contributed by atoms with Crippen molar-refractivity contribution in [3.63, 3.8) is 0 Å². The number of aliphatic hydroxyl groups is 1. The number of aliphatic hydroxyl groups excluding tert-OH is 1. The van der Waals surface area contributed by atoms with Gasteiger partial charge < -0.3 is 24.2 Å². The topological polar surface area (TPSA) is 102 Å². The molecule has 1 aliphatic heterocycles. The second-order valence-corrected chi connectivity index (χ2v) is 8.90. The van der Waals surface area contributed by atoms with Crippen LogP contribution in [0.2, 0.25) is 0 Å². The van der Waals surface area contributed by atoms with Crippen LogP contribution in [0, 0.1) is 6.92 Å². The second kappa shape index (κ2) is 11.7. The van der Waals surface area contributed by atoms with Gasteiger partial charge in [-0.2, -0.15) is 0 Å². The SMILES string of the molecule is COCCN1C(=O)C(=O)/C(=C(/O)c2ccc(OCc3cccc(C)c3)cc2)C1c1ccc(C(=O)OC)cc1. The molecule has 8 heteroatoms. The number of ketones is 1. The lowest BCUT2D eigenvalue weighted by Crippen LogP contribution is -2.32. The Morgan fingerprint density at radius 3 is 2.26 bits per heavy atom. The van der Waals surface area contributed by atoms with Crippen molar-refractivity contribution in [1.82, 2.24) is 4.90 Å². The van der Waals surface area contributed by atoms with Crippen LogP contribution < -0.4 is 4.74 Å². The normalized spacial score (nSPS) is 16.5. The standard InChI is InChI=1S/C30H29NO7/c1-19-5-4-6-20(17-19)18-38-24-13-11-22(12-14-24)27(32)25-26(31(15-16-36-2)29(34)28(25)33)21-7-9-23(10-8-21)30(35)37-3/h4-14,17,26,32H,15-16,18H2,1-3H3/b27-25+. The third-order valence-corrected chi connectivity index (χ3v) is 6.34. The van der Waals surface area contributed by atoms with Gasteiger partial charge in [0.05, 0.1) is 30.9 Å². The predicted octanol–water partition coefficient (Wildman–Crippen LogP) is 4.43. The van der Waals surface area contributed by atoms with Crippen molar-refractivity contribution in [3.8, 4) is 5.75 Å². The van der Waals surface area contributed by atoms with E-state index in [0.29, 0.717) is 29.0 Å². The lowest BCUT2D eigenvalue weighted by Gasteiger charge is -2.25. The van der Waals surface area contributed by atoms with Crippen LogP contribution in [0.3, 0.4) is 0 Å². The zero-order valence-corrected chi connectivity index (χ0v) is 21.5. The average molecular weight is 516 g/mol. The first kappa shape index (κ1) is 26.6. The van der Waals surface area contributed by atoms with Gasteiger partial charge in [-0.25, -0.2) is 4.79 Å². The summed E-state index contributed by atoms with van der Waals surface area (Å²) in [6, 6.07) is 20.2. The number of aryl methyl sites for hydroxylation is 1. The second-order valence-electron chi connectivity index (χ2n) is 8.90. The molecule has 0 aromatic heterocycles. The summed E-state index contributed by atoms with van der Waals surface area (Å²) in [4.78, 5) is 39.3. The number of esters is 1. The van der Waals surface area contributed by atoms with Crippen molar-refractivity contribution in [3.05, 3.63) is 106 Å². The molecule has 8 nitrogen and oxygen atoms in total. The minimum Gasteiger partial charge on any atom is -0.507 e. The van der Waals surface area contributed by atoms with E-state index in [1.807, 2.05) is 31.2 Å². The maximum Gasteiger partial charge on any atom is 0.337 e. The number of nitrogens with zero attached hydrogens (tertiary/aromatic N) is 1. The summed E-state index contributed by atoms with van der Waals surface area (Å²) in [7, 11) is 2.79.